The molecule has 3 heteroatoms. The van der Waals surface area contributed by atoms with Gasteiger partial charge in [-0.2, -0.15) is 0 Å². The van der Waals surface area contributed by atoms with Crippen molar-refractivity contribution < 1.29 is 9.53 Å². The Morgan fingerprint density at radius 3 is 2.79 bits per heavy atom. The van der Waals surface area contributed by atoms with Gasteiger partial charge in [0.15, 0.2) is 5.78 Å². The van der Waals surface area contributed by atoms with Crippen molar-refractivity contribution in [1.29, 1.82) is 0 Å². The molecule has 0 aliphatic heterocycles. The summed E-state index contributed by atoms with van der Waals surface area (Å²) in [7, 11) is 0. The van der Waals surface area contributed by atoms with Crippen LogP contribution in [0.2, 0.25) is 0 Å². The van der Waals surface area contributed by atoms with E-state index >= 15 is 0 Å². The first-order valence-corrected chi connectivity index (χ1v) is 4.56. The Morgan fingerprint density at radius 1 is 1.43 bits per heavy atom. The average Bonchev–Trinajstić information content (AvgIpc) is 2.20. The van der Waals surface area contributed by atoms with Gasteiger partial charge in [-0.15, -0.1) is 0 Å². The van der Waals surface area contributed by atoms with Gasteiger partial charge in [0, 0.05) is 0 Å². The summed E-state index contributed by atoms with van der Waals surface area (Å²) in [4.78, 5) is 10.9. The van der Waals surface area contributed by atoms with Crippen LogP contribution in [0.25, 0.3) is 0 Å². The fraction of sp³-hybridized carbons (Fsp3) is 0.364. The van der Waals surface area contributed by atoms with Crippen LogP contribution in [0.15, 0.2) is 18.2 Å². The highest BCUT2D eigenvalue weighted by Crippen LogP contribution is 2.20. The van der Waals surface area contributed by atoms with Gasteiger partial charge >= 0.3 is 0 Å². The molecule has 1 aromatic rings. The van der Waals surface area contributed by atoms with Gasteiger partial charge in [-0.05, 0) is 31.0 Å². The summed E-state index contributed by atoms with van der Waals surface area (Å²) in [5.74, 6) is 0.665. The van der Waals surface area contributed by atoms with Crippen LogP contribution in [0.3, 0.4) is 0 Å². The number of hydrogen-bond donors (Lipinski definition) is 1. The highest BCUT2D eigenvalue weighted by atomic mass is 16.5. The summed E-state index contributed by atoms with van der Waals surface area (Å²) < 4.78 is 5.34. The van der Waals surface area contributed by atoms with Crippen molar-refractivity contribution in [3.63, 3.8) is 0 Å². The standard InChI is InChI=1S/C11H15NO2/c1-8-4-3-5-11(9(8)2)14-7-10(13)6-12/h3-5H,6-7,12H2,1-2H3. The molecule has 0 aromatic heterocycles. The van der Waals surface area contributed by atoms with Gasteiger partial charge in [0.2, 0.25) is 0 Å². The van der Waals surface area contributed by atoms with Crippen molar-refractivity contribution in [3.8, 4) is 5.75 Å². The molecule has 0 amide bonds. The van der Waals surface area contributed by atoms with E-state index in [4.69, 9.17) is 10.5 Å². The SMILES string of the molecule is Cc1cccc(OCC(=O)CN)c1C. The zero-order valence-corrected chi connectivity index (χ0v) is 8.54. The van der Waals surface area contributed by atoms with Gasteiger partial charge in [0.25, 0.3) is 0 Å². The minimum absolute atomic E-state index is 0.0326. The lowest BCUT2D eigenvalue weighted by atomic mass is 10.1. The molecule has 1 aromatic carbocycles. The smallest absolute Gasteiger partial charge is 0.183 e. The largest absolute Gasteiger partial charge is 0.486 e. The van der Waals surface area contributed by atoms with Gasteiger partial charge in [0.1, 0.15) is 12.4 Å². The number of nitrogens with two attached hydrogens (primary N) is 1. The molecule has 3 nitrogen and oxygen atoms in total. The summed E-state index contributed by atoms with van der Waals surface area (Å²) in [6.07, 6.45) is 0. The molecule has 0 aliphatic carbocycles. The predicted molar refractivity (Wildman–Crippen MR) is 55.5 cm³/mol. The average molecular weight is 193 g/mol. The first-order chi connectivity index (χ1) is 6.65. The van der Waals surface area contributed by atoms with Crippen LogP contribution in [0, 0.1) is 13.8 Å². The fourth-order valence-electron chi connectivity index (χ4n) is 1.10. The molecule has 0 heterocycles. The van der Waals surface area contributed by atoms with E-state index in [1.165, 1.54) is 0 Å². The van der Waals surface area contributed by atoms with Crippen LogP contribution >= 0.6 is 0 Å². The Morgan fingerprint density at radius 2 is 2.14 bits per heavy atom. The summed E-state index contributed by atoms with van der Waals surface area (Å²) in [6.45, 7) is 4.07. The van der Waals surface area contributed by atoms with Gasteiger partial charge in [-0.3, -0.25) is 4.79 Å². The van der Waals surface area contributed by atoms with E-state index in [-0.39, 0.29) is 18.9 Å². The van der Waals surface area contributed by atoms with Gasteiger partial charge < -0.3 is 10.5 Å². The Balaban J connectivity index is 2.68. The maximum atomic E-state index is 10.9. The number of benzene rings is 1. The van der Waals surface area contributed by atoms with E-state index < -0.39 is 0 Å². The molecule has 14 heavy (non-hydrogen) atoms. The van der Waals surface area contributed by atoms with Crippen molar-refractivity contribution >= 4 is 5.78 Å². The number of Topliss-reactive ketones (excluding diaryl/α,β-unsaturated/α-hetero) is 1. The van der Waals surface area contributed by atoms with Gasteiger partial charge in [-0.25, -0.2) is 0 Å². The second kappa shape index (κ2) is 4.77. The lowest BCUT2D eigenvalue weighted by Crippen LogP contribution is -2.20. The normalized spacial score (nSPS) is 9.93. The Labute approximate surface area is 83.9 Å². The minimum atomic E-state index is -0.0918. The minimum Gasteiger partial charge on any atom is -0.486 e. The molecule has 0 unspecified atom stereocenters. The second-order valence-corrected chi connectivity index (χ2v) is 3.23. The van der Waals surface area contributed by atoms with Crippen LogP contribution in [-0.4, -0.2) is 18.9 Å². The number of aryl methyl sites for hydroxylation is 1. The van der Waals surface area contributed by atoms with Gasteiger partial charge in [-0.1, -0.05) is 12.1 Å². The molecule has 1 rings (SSSR count). The van der Waals surface area contributed by atoms with Crippen molar-refractivity contribution in [2.75, 3.05) is 13.2 Å². The first kappa shape index (κ1) is 10.7. The van der Waals surface area contributed by atoms with Crippen molar-refractivity contribution in [2.24, 2.45) is 5.73 Å². The Kier molecular flexibility index (Phi) is 3.65. The molecule has 0 spiro atoms. The van der Waals surface area contributed by atoms with E-state index in [1.54, 1.807) is 0 Å². The predicted octanol–water partition coefficient (Wildman–Crippen LogP) is 1.21. The third kappa shape index (κ3) is 2.57. The molecule has 0 saturated heterocycles. The molecule has 0 aliphatic rings. The maximum absolute atomic E-state index is 10.9. The number of carbonyl (C=O) groups excluding carboxylic acids is 1. The summed E-state index contributed by atoms with van der Waals surface area (Å²) in [6, 6.07) is 5.77. The molecule has 76 valence electrons. The summed E-state index contributed by atoms with van der Waals surface area (Å²) in [5, 5.41) is 0. The molecule has 0 atom stereocenters. The number of ether oxygens (including phenoxy) is 1. The van der Waals surface area contributed by atoms with Crippen LogP contribution in [0.5, 0.6) is 5.75 Å². The number of hydrogen-bond acceptors (Lipinski definition) is 3. The fourth-order valence-corrected chi connectivity index (χ4v) is 1.10. The molecular formula is C11H15NO2. The number of rotatable bonds is 4. The van der Waals surface area contributed by atoms with E-state index in [2.05, 4.69) is 0 Å². The van der Waals surface area contributed by atoms with Crippen LogP contribution in [0.4, 0.5) is 0 Å². The van der Waals surface area contributed by atoms with E-state index in [1.807, 2.05) is 32.0 Å². The van der Waals surface area contributed by atoms with E-state index in [0.717, 1.165) is 16.9 Å². The topological polar surface area (TPSA) is 52.3 Å². The van der Waals surface area contributed by atoms with Crippen LogP contribution in [0.1, 0.15) is 11.1 Å². The lowest BCUT2D eigenvalue weighted by Gasteiger charge is -2.09. The molecule has 0 radical (unpaired) electrons. The van der Waals surface area contributed by atoms with E-state index in [9.17, 15) is 4.79 Å². The van der Waals surface area contributed by atoms with Crippen molar-refractivity contribution in [1.82, 2.24) is 0 Å². The third-order valence-electron chi connectivity index (χ3n) is 2.17. The number of carbonyl (C=O) groups is 1. The Hall–Kier alpha value is -1.35. The molecule has 0 fully saturated rings. The highest BCUT2D eigenvalue weighted by Gasteiger charge is 2.03. The van der Waals surface area contributed by atoms with Crippen molar-refractivity contribution in [3.05, 3.63) is 29.3 Å². The molecule has 2 N–H and O–H groups in total. The first-order valence-electron chi connectivity index (χ1n) is 4.56. The molecule has 0 saturated carbocycles. The summed E-state index contributed by atoms with van der Waals surface area (Å²) in [5.41, 5.74) is 7.40. The van der Waals surface area contributed by atoms with Gasteiger partial charge in [0.05, 0.1) is 6.54 Å². The number of ketones is 1. The quantitative estimate of drug-likeness (QED) is 0.782. The monoisotopic (exact) mass is 193 g/mol. The van der Waals surface area contributed by atoms with Crippen molar-refractivity contribution in [2.45, 2.75) is 13.8 Å². The maximum Gasteiger partial charge on any atom is 0.183 e. The zero-order chi connectivity index (χ0) is 10.6. The second-order valence-electron chi connectivity index (χ2n) is 3.23. The summed E-state index contributed by atoms with van der Waals surface area (Å²) >= 11 is 0. The van der Waals surface area contributed by atoms with E-state index in [0.29, 0.717) is 0 Å². The lowest BCUT2D eigenvalue weighted by molar-refractivity contribution is -0.119. The molecular weight excluding hydrogens is 178 g/mol. The van der Waals surface area contributed by atoms with Crippen LogP contribution < -0.4 is 10.5 Å². The van der Waals surface area contributed by atoms with Crippen LogP contribution in [-0.2, 0) is 4.79 Å². The zero-order valence-electron chi connectivity index (χ0n) is 8.54. The highest BCUT2D eigenvalue weighted by molar-refractivity contribution is 5.81. The molecule has 0 bridgehead atoms. The Bertz CT molecular complexity index is 334. The third-order valence-corrected chi connectivity index (χ3v) is 2.17.